The van der Waals surface area contributed by atoms with E-state index >= 15 is 0 Å². The van der Waals surface area contributed by atoms with E-state index in [1.165, 1.54) is 0 Å². The highest BCUT2D eigenvalue weighted by atomic mass is 16.6. The van der Waals surface area contributed by atoms with Crippen LogP contribution in [0.2, 0.25) is 0 Å². The first-order valence-corrected chi connectivity index (χ1v) is 8.55. The summed E-state index contributed by atoms with van der Waals surface area (Å²) in [6, 6.07) is 11.7. The predicted octanol–water partition coefficient (Wildman–Crippen LogP) is 1.91. The third-order valence-electron chi connectivity index (χ3n) is 4.73. The molecule has 6 heteroatoms. The average molecular weight is 342 g/mol. The van der Waals surface area contributed by atoms with E-state index in [0.717, 1.165) is 30.9 Å². The van der Waals surface area contributed by atoms with E-state index in [9.17, 15) is 4.79 Å². The highest BCUT2D eigenvalue weighted by Crippen LogP contribution is 2.27. The van der Waals surface area contributed by atoms with Gasteiger partial charge in [-0.2, -0.15) is 0 Å². The summed E-state index contributed by atoms with van der Waals surface area (Å²) in [7, 11) is 0. The number of morpholine rings is 1. The fourth-order valence-electron chi connectivity index (χ4n) is 3.50. The van der Waals surface area contributed by atoms with Gasteiger partial charge >= 0.3 is 0 Å². The quantitative estimate of drug-likeness (QED) is 0.853. The first-order valence-electron chi connectivity index (χ1n) is 8.55. The zero-order valence-electron chi connectivity index (χ0n) is 14.1. The van der Waals surface area contributed by atoms with Crippen molar-refractivity contribution in [2.24, 2.45) is 0 Å². The molecule has 1 atom stereocenters. The van der Waals surface area contributed by atoms with E-state index in [1.54, 1.807) is 12.5 Å². The Morgan fingerprint density at radius 3 is 2.80 bits per heavy atom. The summed E-state index contributed by atoms with van der Waals surface area (Å²) in [6.07, 6.45) is 3.45. The minimum Gasteiger partial charge on any atom is -0.472 e. The summed E-state index contributed by atoms with van der Waals surface area (Å²) in [5.41, 5.74) is 1.52. The Hall–Kier alpha value is -2.15. The number of para-hydroxylation sites is 1. The van der Waals surface area contributed by atoms with E-state index in [2.05, 4.69) is 4.90 Å². The second-order valence-electron chi connectivity index (χ2n) is 6.68. The molecule has 2 aromatic rings. The maximum Gasteiger partial charge on any atom is 0.253 e. The molecule has 0 saturated carbocycles. The Morgan fingerprint density at radius 2 is 2.00 bits per heavy atom. The Kier molecular flexibility index (Phi) is 4.57. The van der Waals surface area contributed by atoms with Crippen LogP contribution in [0.4, 0.5) is 5.69 Å². The maximum atomic E-state index is 12.4. The Labute approximate surface area is 146 Å². The molecule has 6 nitrogen and oxygen atoms in total. The molecule has 0 N–H and O–H groups in total. The number of hydrogen-bond donors (Lipinski definition) is 0. The third-order valence-corrected chi connectivity index (χ3v) is 4.73. The largest absolute Gasteiger partial charge is 0.472 e. The van der Waals surface area contributed by atoms with Gasteiger partial charge in [0.25, 0.3) is 5.91 Å². The first-order chi connectivity index (χ1) is 12.2. The lowest BCUT2D eigenvalue weighted by molar-refractivity contribution is -0.146. The number of anilines is 1. The van der Waals surface area contributed by atoms with Gasteiger partial charge < -0.3 is 18.8 Å². The molecule has 0 aliphatic carbocycles. The van der Waals surface area contributed by atoms with Crippen LogP contribution in [-0.4, -0.2) is 55.9 Å². The van der Waals surface area contributed by atoms with Crippen LogP contribution in [0.3, 0.4) is 0 Å². The summed E-state index contributed by atoms with van der Waals surface area (Å²) in [5.74, 6) is -0.0116. The number of hydrogen-bond acceptors (Lipinski definition) is 5. The molecule has 3 heterocycles. The lowest BCUT2D eigenvalue weighted by atomic mass is 10.0. The van der Waals surface area contributed by atoms with Gasteiger partial charge in [0.2, 0.25) is 0 Å². The van der Waals surface area contributed by atoms with Crippen molar-refractivity contribution in [1.82, 2.24) is 4.90 Å². The molecule has 0 unspecified atom stereocenters. The molecule has 2 aliphatic heterocycles. The summed E-state index contributed by atoms with van der Waals surface area (Å²) in [5, 5.41) is 0. The molecule has 1 aromatic carbocycles. The number of ether oxygens (including phenoxy) is 2. The monoisotopic (exact) mass is 342 g/mol. The Morgan fingerprint density at radius 1 is 1.12 bits per heavy atom. The van der Waals surface area contributed by atoms with Crippen LogP contribution in [0.1, 0.15) is 5.56 Å². The summed E-state index contributed by atoms with van der Waals surface area (Å²) >= 11 is 0. The van der Waals surface area contributed by atoms with Crippen LogP contribution in [0.15, 0.2) is 53.3 Å². The number of carbonyl (C=O) groups excluding carboxylic acids is 1. The topological polar surface area (TPSA) is 55.2 Å². The van der Waals surface area contributed by atoms with E-state index in [0.29, 0.717) is 19.8 Å². The van der Waals surface area contributed by atoms with Crippen molar-refractivity contribution in [2.45, 2.75) is 12.1 Å². The Balaban J connectivity index is 1.53. The van der Waals surface area contributed by atoms with Gasteiger partial charge in [0.15, 0.2) is 0 Å². The molecule has 132 valence electrons. The standard InChI is InChI=1S/C19H22N2O4/c22-18-12-25-19(14-21(18)17-4-2-1-3-5-17)13-20(7-9-24-15-19)10-16-6-8-23-11-16/h1-6,8,11H,7,9-10,12-15H2/t19-/m1/s1. The van der Waals surface area contributed by atoms with Gasteiger partial charge in [-0.3, -0.25) is 9.69 Å². The third kappa shape index (κ3) is 3.61. The molecule has 0 bridgehead atoms. The molecule has 0 radical (unpaired) electrons. The Bertz CT molecular complexity index is 703. The zero-order chi connectivity index (χ0) is 17.1. The number of carbonyl (C=O) groups is 1. The summed E-state index contributed by atoms with van der Waals surface area (Å²) in [6.45, 7) is 4.05. The second kappa shape index (κ2) is 7.00. The highest BCUT2D eigenvalue weighted by Gasteiger charge is 2.43. The van der Waals surface area contributed by atoms with Gasteiger partial charge in [0.1, 0.15) is 12.2 Å². The van der Waals surface area contributed by atoms with Gasteiger partial charge in [0, 0.05) is 30.9 Å². The minimum atomic E-state index is -0.510. The molecule has 1 spiro atoms. The number of rotatable bonds is 3. The van der Waals surface area contributed by atoms with Gasteiger partial charge in [-0.15, -0.1) is 0 Å². The number of amides is 1. The lowest BCUT2D eigenvalue weighted by Crippen LogP contribution is -2.60. The van der Waals surface area contributed by atoms with E-state index in [4.69, 9.17) is 13.9 Å². The fourth-order valence-corrected chi connectivity index (χ4v) is 3.50. The smallest absolute Gasteiger partial charge is 0.253 e. The summed E-state index contributed by atoms with van der Waals surface area (Å²) < 4.78 is 17.0. The zero-order valence-corrected chi connectivity index (χ0v) is 14.1. The molecule has 2 aliphatic rings. The number of nitrogens with zero attached hydrogens (tertiary/aromatic N) is 2. The maximum absolute atomic E-state index is 12.4. The van der Waals surface area contributed by atoms with Crippen LogP contribution >= 0.6 is 0 Å². The average Bonchev–Trinajstić information content (AvgIpc) is 3.07. The van der Waals surface area contributed by atoms with Gasteiger partial charge in [-0.1, -0.05) is 18.2 Å². The van der Waals surface area contributed by atoms with Crippen LogP contribution < -0.4 is 4.90 Å². The predicted molar refractivity (Wildman–Crippen MR) is 92.3 cm³/mol. The van der Waals surface area contributed by atoms with Crippen LogP contribution in [0, 0.1) is 0 Å². The lowest BCUT2D eigenvalue weighted by Gasteiger charge is -2.43. The van der Waals surface area contributed by atoms with Crippen molar-refractivity contribution in [3.63, 3.8) is 0 Å². The molecular formula is C19H22N2O4. The minimum absolute atomic E-state index is 0.0116. The normalized spacial score (nSPS) is 25.3. The van der Waals surface area contributed by atoms with Crippen molar-refractivity contribution in [3.8, 4) is 0 Å². The molecule has 2 fully saturated rings. The molecule has 1 amide bonds. The van der Waals surface area contributed by atoms with Crippen molar-refractivity contribution in [3.05, 3.63) is 54.5 Å². The fraction of sp³-hybridized carbons (Fsp3) is 0.421. The van der Waals surface area contributed by atoms with Crippen molar-refractivity contribution in [1.29, 1.82) is 0 Å². The highest BCUT2D eigenvalue weighted by molar-refractivity contribution is 5.95. The molecular weight excluding hydrogens is 320 g/mol. The van der Waals surface area contributed by atoms with Crippen LogP contribution in [0.25, 0.3) is 0 Å². The first kappa shape index (κ1) is 16.3. The molecule has 1 aromatic heterocycles. The van der Waals surface area contributed by atoms with Crippen LogP contribution in [0.5, 0.6) is 0 Å². The SMILES string of the molecule is O=C1CO[C@@]2(COCCN(Cc3ccoc3)C2)CN1c1ccccc1. The number of furan rings is 1. The van der Waals surface area contributed by atoms with E-state index < -0.39 is 5.60 Å². The molecule has 4 rings (SSSR count). The molecule has 25 heavy (non-hydrogen) atoms. The van der Waals surface area contributed by atoms with Crippen molar-refractivity contribution < 1.29 is 18.7 Å². The van der Waals surface area contributed by atoms with Gasteiger partial charge in [-0.25, -0.2) is 0 Å². The van der Waals surface area contributed by atoms with Crippen molar-refractivity contribution >= 4 is 11.6 Å². The second-order valence-corrected chi connectivity index (χ2v) is 6.68. The number of benzene rings is 1. The van der Waals surface area contributed by atoms with Gasteiger partial charge in [-0.05, 0) is 18.2 Å². The molecule has 2 saturated heterocycles. The van der Waals surface area contributed by atoms with Gasteiger partial charge in [0.05, 0.1) is 32.3 Å². The van der Waals surface area contributed by atoms with Crippen molar-refractivity contribution in [2.75, 3.05) is 44.4 Å². The van der Waals surface area contributed by atoms with E-state index in [1.807, 2.05) is 41.3 Å². The summed E-state index contributed by atoms with van der Waals surface area (Å²) in [4.78, 5) is 16.5. The van der Waals surface area contributed by atoms with Crippen LogP contribution in [-0.2, 0) is 20.8 Å². The van der Waals surface area contributed by atoms with E-state index in [-0.39, 0.29) is 12.5 Å².